The molecule has 1 amide bonds. The molecule has 5 heteroatoms. The van der Waals surface area contributed by atoms with E-state index in [0.717, 1.165) is 56.9 Å². The van der Waals surface area contributed by atoms with E-state index in [1.165, 1.54) is 16.9 Å². The maximum atomic E-state index is 12.7. The van der Waals surface area contributed by atoms with E-state index in [1.54, 1.807) is 11.3 Å². The van der Waals surface area contributed by atoms with Gasteiger partial charge in [-0.1, -0.05) is 6.92 Å². The first-order valence-electron chi connectivity index (χ1n) is 7.35. The van der Waals surface area contributed by atoms with Crippen molar-refractivity contribution in [1.29, 1.82) is 0 Å². The van der Waals surface area contributed by atoms with Gasteiger partial charge in [0.05, 0.1) is 5.56 Å². The Labute approximate surface area is 131 Å². The Morgan fingerprint density at radius 2 is 2.25 bits per heavy atom. The summed E-state index contributed by atoms with van der Waals surface area (Å²) in [6, 6.07) is 0. The van der Waals surface area contributed by atoms with Crippen LogP contribution in [0.2, 0.25) is 0 Å². The number of nitrogens with zero attached hydrogens (tertiary/aromatic N) is 1. The molecule has 20 heavy (non-hydrogen) atoms. The molecule has 0 aromatic carbocycles. The van der Waals surface area contributed by atoms with Gasteiger partial charge in [-0.25, -0.2) is 0 Å². The van der Waals surface area contributed by atoms with Crippen LogP contribution >= 0.6 is 23.7 Å². The molecule has 1 atom stereocenters. The molecule has 1 aliphatic carbocycles. The number of fused-ring (bicyclic) bond motifs is 1. The summed E-state index contributed by atoms with van der Waals surface area (Å²) >= 11 is 1.79. The number of hydrogen-bond donors (Lipinski definition) is 1. The molecular formula is C15H23ClN2OS. The van der Waals surface area contributed by atoms with Gasteiger partial charge in [0.2, 0.25) is 0 Å². The van der Waals surface area contributed by atoms with Crippen LogP contribution in [0.5, 0.6) is 0 Å². The van der Waals surface area contributed by atoms with Gasteiger partial charge in [-0.3, -0.25) is 4.79 Å². The van der Waals surface area contributed by atoms with Crippen molar-refractivity contribution < 1.29 is 4.79 Å². The lowest BCUT2D eigenvalue weighted by atomic mass is 9.88. The summed E-state index contributed by atoms with van der Waals surface area (Å²) < 4.78 is 0. The van der Waals surface area contributed by atoms with Crippen LogP contribution in [-0.2, 0) is 12.8 Å². The first-order chi connectivity index (χ1) is 9.25. The van der Waals surface area contributed by atoms with E-state index in [1.807, 2.05) is 4.90 Å². The average Bonchev–Trinajstić information content (AvgIpc) is 2.64. The third-order valence-electron chi connectivity index (χ3n) is 4.26. The second-order valence-corrected chi connectivity index (χ2v) is 6.76. The van der Waals surface area contributed by atoms with Crippen LogP contribution in [0, 0.1) is 5.92 Å². The highest BCUT2D eigenvalue weighted by Crippen LogP contribution is 2.33. The number of carbonyl (C=O) groups excluding carboxylic acids is 1. The van der Waals surface area contributed by atoms with Crippen molar-refractivity contribution in [3.8, 4) is 0 Å². The van der Waals surface area contributed by atoms with Gasteiger partial charge in [-0.2, -0.15) is 0 Å². The van der Waals surface area contributed by atoms with E-state index < -0.39 is 0 Å². The highest BCUT2D eigenvalue weighted by molar-refractivity contribution is 7.10. The Hall–Kier alpha value is -0.580. The van der Waals surface area contributed by atoms with Crippen LogP contribution in [0.4, 0.5) is 0 Å². The van der Waals surface area contributed by atoms with Crippen LogP contribution in [0.1, 0.15) is 40.6 Å². The molecular weight excluding hydrogens is 292 g/mol. The minimum atomic E-state index is 0. The molecule has 1 N–H and O–H groups in total. The fourth-order valence-corrected chi connectivity index (χ4v) is 4.31. The summed E-state index contributed by atoms with van der Waals surface area (Å²) in [5.41, 5.74) is 2.35. The fourth-order valence-electron chi connectivity index (χ4n) is 3.08. The first kappa shape index (κ1) is 15.8. The average molecular weight is 315 g/mol. The minimum Gasteiger partial charge on any atom is -0.337 e. The van der Waals surface area contributed by atoms with Crippen LogP contribution in [0.15, 0.2) is 5.38 Å². The SMILES string of the molecule is CC1CCc2c(C(=O)N3CCCNCC3)csc2C1.Cl. The molecule has 0 radical (unpaired) electrons. The zero-order chi connectivity index (χ0) is 13.2. The monoisotopic (exact) mass is 314 g/mol. The van der Waals surface area contributed by atoms with E-state index in [2.05, 4.69) is 17.6 Å². The molecule has 3 nitrogen and oxygen atoms in total. The zero-order valence-electron chi connectivity index (χ0n) is 12.0. The molecule has 1 unspecified atom stereocenters. The summed E-state index contributed by atoms with van der Waals surface area (Å²) in [4.78, 5) is 16.2. The Kier molecular flexibility index (Phi) is 5.47. The van der Waals surface area contributed by atoms with Gasteiger partial charge in [0, 0.05) is 29.9 Å². The third-order valence-corrected chi connectivity index (χ3v) is 5.31. The third kappa shape index (κ3) is 3.18. The number of hydrogen-bond acceptors (Lipinski definition) is 3. The van der Waals surface area contributed by atoms with Crippen molar-refractivity contribution in [3.63, 3.8) is 0 Å². The molecule has 1 aromatic rings. The second-order valence-electron chi connectivity index (χ2n) is 5.79. The standard InChI is InChI=1S/C15H22N2OS.ClH/c1-11-3-4-12-13(10-19-14(12)9-11)15(18)17-7-2-5-16-6-8-17;/h10-11,16H,2-9H2,1H3;1H. The summed E-state index contributed by atoms with van der Waals surface area (Å²) in [7, 11) is 0. The molecule has 0 saturated carbocycles. The van der Waals surface area contributed by atoms with Crippen LogP contribution in [0.3, 0.4) is 0 Å². The Bertz CT molecular complexity index is 466. The van der Waals surface area contributed by atoms with Gasteiger partial charge in [-0.05, 0) is 43.7 Å². The molecule has 1 saturated heterocycles. The van der Waals surface area contributed by atoms with Gasteiger partial charge < -0.3 is 10.2 Å². The Balaban J connectivity index is 0.00000147. The van der Waals surface area contributed by atoms with E-state index in [9.17, 15) is 4.79 Å². The largest absolute Gasteiger partial charge is 0.337 e. The van der Waals surface area contributed by atoms with Gasteiger partial charge in [0.1, 0.15) is 0 Å². The highest BCUT2D eigenvalue weighted by Gasteiger charge is 2.26. The van der Waals surface area contributed by atoms with Crippen molar-refractivity contribution >= 4 is 29.7 Å². The summed E-state index contributed by atoms with van der Waals surface area (Å²) in [6.45, 7) is 6.01. The van der Waals surface area contributed by atoms with E-state index in [0.29, 0.717) is 0 Å². The predicted molar refractivity (Wildman–Crippen MR) is 86.1 cm³/mol. The molecule has 112 valence electrons. The van der Waals surface area contributed by atoms with Gasteiger partial charge in [0.25, 0.3) is 5.91 Å². The number of amides is 1. The quantitative estimate of drug-likeness (QED) is 0.864. The van der Waals surface area contributed by atoms with Crippen LogP contribution < -0.4 is 5.32 Å². The van der Waals surface area contributed by atoms with Crippen molar-refractivity contribution in [3.05, 3.63) is 21.4 Å². The number of nitrogens with one attached hydrogen (secondary N) is 1. The predicted octanol–water partition coefficient (Wildman–Crippen LogP) is 2.73. The van der Waals surface area contributed by atoms with Gasteiger partial charge in [0.15, 0.2) is 0 Å². The lowest BCUT2D eigenvalue weighted by Crippen LogP contribution is -2.34. The topological polar surface area (TPSA) is 32.3 Å². The number of halogens is 1. The smallest absolute Gasteiger partial charge is 0.255 e. The van der Waals surface area contributed by atoms with E-state index >= 15 is 0 Å². The summed E-state index contributed by atoms with van der Waals surface area (Å²) in [6.07, 6.45) is 4.54. The first-order valence-corrected chi connectivity index (χ1v) is 8.23. The van der Waals surface area contributed by atoms with Crippen molar-refractivity contribution in [2.24, 2.45) is 5.92 Å². The number of thiophene rings is 1. The molecule has 0 bridgehead atoms. The molecule has 3 rings (SSSR count). The Morgan fingerprint density at radius 3 is 3.10 bits per heavy atom. The molecule has 1 aliphatic heterocycles. The second kappa shape index (κ2) is 6.92. The molecule has 1 fully saturated rings. The van der Waals surface area contributed by atoms with E-state index in [4.69, 9.17) is 0 Å². The van der Waals surface area contributed by atoms with Crippen molar-refractivity contribution in [1.82, 2.24) is 10.2 Å². The lowest BCUT2D eigenvalue weighted by molar-refractivity contribution is 0.0765. The van der Waals surface area contributed by atoms with Crippen molar-refractivity contribution in [2.45, 2.75) is 32.6 Å². The van der Waals surface area contributed by atoms with Gasteiger partial charge in [-0.15, -0.1) is 23.7 Å². The zero-order valence-corrected chi connectivity index (χ0v) is 13.6. The number of carbonyl (C=O) groups is 1. The Morgan fingerprint density at radius 1 is 1.40 bits per heavy atom. The normalized spacial score (nSPS) is 22.6. The summed E-state index contributed by atoms with van der Waals surface area (Å²) in [5.74, 6) is 1.03. The molecule has 2 aliphatic rings. The molecule has 0 spiro atoms. The van der Waals surface area contributed by atoms with Crippen LogP contribution in [0.25, 0.3) is 0 Å². The number of rotatable bonds is 1. The lowest BCUT2D eigenvalue weighted by Gasteiger charge is -2.22. The van der Waals surface area contributed by atoms with Crippen LogP contribution in [-0.4, -0.2) is 37.0 Å². The minimum absolute atomic E-state index is 0. The molecule has 1 aromatic heterocycles. The fraction of sp³-hybridized carbons (Fsp3) is 0.667. The highest BCUT2D eigenvalue weighted by atomic mass is 35.5. The summed E-state index contributed by atoms with van der Waals surface area (Å²) in [5, 5.41) is 5.45. The maximum Gasteiger partial charge on any atom is 0.255 e. The van der Waals surface area contributed by atoms with E-state index in [-0.39, 0.29) is 18.3 Å². The van der Waals surface area contributed by atoms with Crippen molar-refractivity contribution in [2.75, 3.05) is 26.2 Å². The molecule has 2 heterocycles. The van der Waals surface area contributed by atoms with Gasteiger partial charge >= 0.3 is 0 Å². The maximum absolute atomic E-state index is 12.7.